The topological polar surface area (TPSA) is 85.6 Å². The number of nitrogens with one attached hydrogen (secondary N) is 1. The predicted octanol–water partition coefficient (Wildman–Crippen LogP) is 6.27. The Balaban J connectivity index is 1.43. The van der Waals surface area contributed by atoms with E-state index in [2.05, 4.69) is 10.5 Å². The monoisotopic (exact) mass is 586 g/mol. The maximum absolute atomic E-state index is 13.9. The van der Waals surface area contributed by atoms with Crippen molar-refractivity contribution in [2.75, 3.05) is 12.4 Å². The number of carbonyl (C=O) groups excluding carboxylic acids is 1. The Kier molecular flexibility index (Phi) is 8.38. The lowest BCUT2D eigenvalue weighted by atomic mass is 9.97. The van der Waals surface area contributed by atoms with Gasteiger partial charge >= 0.3 is 0 Å². The van der Waals surface area contributed by atoms with Gasteiger partial charge < -0.3 is 4.74 Å². The second-order valence-corrected chi connectivity index (χ2v) is 11.4. The van der Waals surface area contributed by atoms with Crippen molar-refractivity contribution in [1.82, 2.24) is 15.0 Å². The number of fused-ring (bicyclic) bond motifs is 3. The highest BCUT2D eigenvalue weighted by molar-refractivity contribution is 7.99. The van der Waals surface area contributed by atoms with Gasteiger partial charge in [-0.25, -0.2) is 10.4 Å². The summed E-state index contributed by atoms with van der Waals surface area (Å²) in [5, 5.41) is 5.98. The lowest BCUT2D eigenvalue weighted by Crippen LogP contribution is -2.24. The molecule has 7 nitrogen and oxygen atoms in total. The van der Waals surface area contributed by atoms with Crippen LogP contribution in [0.1, 0.15) is 35.8 Å². The first-order chi connectivity index (χ1) is 18.5. The molecule has 0 atom stereocenters. The number of rotatable bonds is 8. The van der Waals surface area contributed by atoms with Crippen LogP contribution in [0.5, 0.6) is 5.75 Å². The second kappa shape index (κ2) is 11.9. The number of nitrogens with zero attached hydrogens (tertiary/aromatic N) is 3. The molecule has 5 rings (SSSR count). The predicted molar refractivity (Wildman–Crippen MR) is 156 cm³/mol. The van der Waals surface area contributed by atoms with E-state index in [1.807, 2.05) is 31.2 Å². The molecule has 0 unspecified atom stereocenters. The van der Waals surface area contributed by atoms with Gasteiger partial charge in [0.15, 0.2) is 5.16 Å². The molecule has 0 radical (unpaired) electrons. The highest BCUT2D eigenvalue weighted by atomic mass is 35.5. The number of amides is 1. The maximum Gasteiger partial charge on any atom is 0.267 e. The zero-order valence-corrected chi connectivity index (χ0v) is 23.6. The highest BCUT2D eigenvalue weighted by Gasteiger charge is 2.23. The van der Waals surface area contributed by atoms with Crippen molar-refractivity contribution in [3.8, 4) is 11.4 Å². The van der Waals surface area contributed by atoms with Crippen LogP contribution < -0.4 is 15.7 Å². The molecule has 0 saturated heterocycles. The van der Waals surface area contributed by atoms with Crippen LogP contribution in [0.2, 0.25) is 10.0 Å². The molecular weight excluding hydrogens is 563 g/mol. The summed E-state index contributed by atoms with van der Waals surface area (Å²) in [6.07, 6.45) is 5.45. The van der Waals surface area contributed by atoms with E-state index in [4.69, 9.17) is 32.9 Å². The Bertz CT molecular complexity index is 1560. The number of thioether (sulfide) groups is 1. The van der Waals surface area contributed by atoms with E-state index in [1.165, 1.54) is 22.9 Å². The summed E-state index contributed by atoms with van der Waals surface area (Å²) in [7, 11) is 0. The number of benzene rings is 2. The van der Waals surface area contributed by atoms with Crippen molar-refractivity contribution < 1.29 is 9.53 Å². The summed E-state index contributed by atoms with van der Waals surface area (Å²) in [6.45, 7) is 2.47. The zero-order valence-electron chi connectivity index (χ0n) is 20.5. The SMILES string of the molecule is CCOc1ccc(-n2c(SCC(=O)NN=Cc3c(Cl)cccc3Cl)nc3sc4c(c3c2=O)CCCC4)cc1. The van der Waals surface area contributed by atoms with E-state index >= 15 is 0 Å². The first-order valence-electron chi connectivity index (χ1n) is 12.2. The van der Waals surface area contributed by atoms with Gasteiger partial charge in [0, 0.05) is 10.4 Å². The molecule has 0 fully saturated rings. The fourth-order valence-electron chi connectivity index (χ4n) is 4.33. The molecule has 38 heavy (non-hydrogen) atoms. The molecule has 4 aromatic rings. The van der Waals surface area contributed by atoms with Gasteiger partial charge in [-0.05, 0) is 74.6 Å². The minimum atomic E-state index is -0.354. The maximum atomic E-state index is 13.9. The van der Waals surface area contributed by atoms with E-state index in [-0.39, 0.29) is 17.2 Å². The van der Waals surface area contributed by atoms with E-state index in [1.54, 1.807) is 34.1 Å². The number of aryl methyl sites for hydroxylation is 2. The Morgan fingerprint density at radius 2 is 1.92 bits per heavy atom. The number of halogens is 2. The van der Waals surface area contributed by atoms with E-state index in [0.29, 0.717) is 38.4 Å². The van der Waals surface area contributed by atoms with Crippen molar-refractivity contribution >= 4 is 68.6 Å². The largest absolute Gasteiger partial charge is 0.494 e. The Hall–Kier alpha value is -2.85. The van der Waals surface area contributed by atoms with E-state index in [9.17, 15) is 9.59 Å². The summed E-state index contributed by atoms with van der Waals surface area (Å²) in [5.41, 5.74) is 4.67. The average Bonchev–Trinajstić information content (AvgIpc) is 3.29. The Labute approximate surface area is 237 Å². The molecule has 0 aliphatic heterocycles. The van der Waals surface area contributed by atoms with Crippen LogP contribution in [-0.4, -0.2) is 34.0 Å². The summed E-state index contributed by atoms with van der Waals surface area (Å²) < 4.78 is 7.15. The van der Waals surface area contributed by atoms with Crippen LogP contribution in [0.15, 0.2) is 57.5 Å². The van der Waals surface area contributed by atoms with Crippen molar-refractivity contribution in [1.29, 1.82) is 0 Å². The number of hydrogen-bond acceptors (Lipinski definition) is 7. The smallest absolute Gasteiger partial charge is 0.267 e. The lowest BCUT2D eigenvalue weighted by molar-refractivity contribution is -0.118. The van der Waals surface area contributed by atoms with Gasteiger partial charge in [-0.2, -0.15) is 5.10 Å². The number of hydrazone groups is 1. The number of hydrogen-bond donors (Lipinski definition) is 1. The molecule has 2 heterocycles. The van der Waals surface area contributed by atoms with Gasteiger partial charge in [-0.3, -0.25) is 14.2 Å². The third-order valence-electron chi connectivity index (χ3n) is 6.08. The highest BCUT2D eigenvalue weighted by Crippen LogP contribution is 2.35. The van der Waals surface area contributed by atoms with Gasteiger partial charge in [0.25, 0.3) is 11.5 Å². The second-order valence-electron chi connectivity index (χ2n) is 8.57. The van der Waals surface area contributed by atoms with Crippen LogP contribution >= 0.6 is 46.3 Å². The molecule has 0 spiro atoms. The summed E-state index contributed by atoms with van der Waals surface area (Å²) in [6, 6.07) is 12.4. The molecule has 0 saturated carbocycles. The van der Waals surface area contributed by atoms with Crippen molar-refractivity contribution in [2.24, 2.45) is 5.10 Å². The minimum absolute atomic E-state index is 0.00760. The third kappa shape index (κ3) is 5.61. The normalized spacial score (nSPS) is 13.1. The number of thiophene rings is 1. The molecular formula is C27H24Cl2N4O3S2. The van der Waals surface area contributed by atoms with Crippen LogP contribution in [0.4, 0.5) is 0 Å². The first kappa shape index (κ1) is 26.7. The fraction of sp³-hybridized carbons (Fsp3) is 0.259. The summed E-state index contributed by atoms with van der Waals surface area (Å²) in [4.78, 5) is 33.3. The molecule has 1 aliphatic carbocycles. The molecule has 11 heteroatoms. The minimum Gasteiger partial charge on any atom is -0.494 e. The number of ether oxygens (including phenoxy) is 1. The molecule has 1 aliphatic rings. The molecule has 1 N–H and O–H groups in total. The molecule has 2 aromatic heterocycles. The Morgan fingerprint density at radius 1 is 1.18 bits per heavy atom. The van der Waals surface area contributed by atoms with Gasteiger partial charge in [0.05, 0.1) is 39.7 Å². The van der Waals surface area contributed by atoms with Crippen molar-refractivity contribution in [3.05, 3.63) is 78.9 Å². The van der Waals surface area contributed by atoms with Gasteiger partial charge in [0.2, 0.25) is 0 Å². The van der Waals surface area contributed by atoms with Crippen molar-refractivity contribution in [3.63, 3.8) is 0 Å². The summed E-state index contributed by atoms with van der Waals surface area (Å²) in [5.74, 6) is 0.372. The van der Waals surface area contributed by atoms with Gasteiger partial charge in [-0.1, -0.05) is 41.0 Å². The molecule has 2 aromatic carbocycles. The standard InChI is InChI=1S/C27H24Cl2N4O3S2/c1-2-36-17-12-10-16(11-13-17)33-26(35)24-18-6-3-4-9-22(18)38-25(24)31-27(33)37-15-23(34)32-30-14-19-20(28)7-5-8-21(19)29/h5,7-8,10-14H,2-4,6,9,15H2,1H3,(H,32,34). The molecule has 196 valence electrons. The van der Waals surface area contributed by atoms with Crippen LogP contribution in [-0.2, 0) is 17.6 Å². The van der Waals surface area contributed by atoms with E-state index in [0.717, 1.165) is 41.8 Å². The average molecular weight is 588 g/mol. The first-order valence-corrected chi connectivity index (χ1v) is 14.7. The van der Waals surface area contributed by atoms with Gasteiger partial charge in [-0.15, -0.1) is 11.3 Å². The quantitative estimate of drug-likeness (QED) is 0.114. The Morgan fingerprint density at radius 3 is 2.66 bits per heavy atom. The molecule has 0 bridgehead atoms. The zero-order chi connectivity index (χ0) is 26.6. The van der Waals surface area contributed by atoms with Crippen LogP contribution in [0, 0.1) is 0 Å². The van der Waals surface area contributed by atoms with Gasteiger partial charge in [0.1, 0.15) is 10.6 Å². The lowest BCUT2D eigenvalue weighted by Gasteiger charge is -2.14. The third-order valence-corrected chi connectivity index (χ3v) is 8.86. The number of aromatic nitrogens is 2. The van der Waals surface area contributed by atoms with Crippen LogP contribution in [0.25, 0.3) is 15.9 Å². The molecule has 1 amide bonds. The van der Waals surface area contributed by atoms with Crippen LogP contribution in [0.3, 0.4) is 0 Å². The summed E-state index contributed by atoms with van der Waals surface area (Å²) >= 11 is 15.1. The van der Waals surface area contributed by atoms with Crippen molar-refractivity contribution in [2.45, 2.75) is 37.8 Å². The number of carbonyl (C=O) groups is 1. The fourth-order valence-corrected chi connectivity index (χ4v) is 6.94. The van der Waals surface area contributed by atoms with E-state index < -0.39 is 0 Å².